The lowest BCUT2D eigenvalue weighted by molar-refractivity contribution is 0.103. The van der Waals surface area contributed by atoms with E-state index >= 15 is 0 Å². The van der Waals surface area contributed by atoms with Crippen molar-refractivity contribution in [2.24, 2.45) is 0 Å². The summed E-state index contributed by atoms with van der Waals surface area (Å²) in [5, 5.41) is 0. The average Bonchev–Trinajstić information content (AvgIpc) is 2.30. The van der Waals surface area contributed by atoms with Crippen molar-refractivity contribution >= 4 is 5.78 Å². The van der Waals surface area contributed by atoms with Crippen molar-refractivity contribution in [3.63, 3.8) is 0 Å². The summed E-state index contributed by atoms with van der Waals surface area (Å²) in [4.78, 5) is 12.1. The molecule has 1 radical (unpaired) electrons. The first-order valence-corrected chi connectivity index (χ1v) is 4.85. The lowest BCUT2D eigenvalue weighted by Crippen LogP contribution is -2.02. The minimum absolute atomic E-state index is 0.0714. The molecule has 0 heterocycles. The molecule has 0 unspecified atom stereocenters. The van der Waals surface area contributed by atoms with Crippen LogP contribution in [-0.2, 0) is 0 Å². The van der Waals surface area contributed by atoms with Crippen molar-refractivity contribution in [2.45, 2.75) is 6.92 Å². The second-order valence-electron chi connectivity index (χ2n) is 3.43. The second kappa shape index (κ2) is 4.09. The maximum atomic E-state index is 12.1. The van der Waals surface area contributed by atoms with E-state index < -0.39 is 0 Å². The minimum Gasteiger partial charge on any atom is -0.289 e. The van der Waals surface area contributed by atoms with Gasteiger partial charge in [0.05, 0.1) is 0 Å². The highest BCUT2D eigenvalue weighted by Crippen LogP contribution is 2.13. The SMILES string of the molecule is Cc1ccccc1C(=O)c1cc[c]cc1. The number of benzene rings is 2. The van der Waals surface area contributed by atoms with E-state index in [0.29, 0.717) is 5.56 Å². The first-order chi connectivity index (χ1) is 7.29. The van der Waals surface area contributed by atoms with Gasteiger partial charge in [-0.15, -0.1) is 0 Å². The minimum atomic E-state index is 0.0714. The van der Waals surface area contributed by atoms with Crippen LogP contribution in [0.25, 0.3) is 0 Å². The van der Waals surface area contributed by atoms with Gasteiger partial charge < -0.3 is 0 Å². The van der Waals surface area contributed by atoms with E-state index in [1.807, 2.05) is 31.2 Å². The average molecular weight is 195 g/mol. The van der Waals surface area contributed by atoms with E-state index in [1.165, 1.54) is 0 Å². The fourth-order valence-electron chi connectivity index (χ4n) is 1.52. The molecule has 15 heavy (non-hydrogen) atoms. The predicted octanol–water partition coefficient (Wildman–Crippen LogP) is 3.03. The van der Waals surface area contributed by atoms with Crippen LogP contribution in [0.4, 0.5) is 0 Å². The Balaban J connectivity index is 2.42. The molecule has 0 fully saturated rings. The fraction of sp³-hybridized carbons (Fsp3) is 0.0714. The molecule has 0 saturated carbocycles. The van der Waals surface area contributed by atoms with Crippen molar-refractivity contribution in [3.05, 3.63) is 71.3 Å². The van der Waals surface area contributed by atoms with Crippen LogP contribution >= 0.6 is 0 Å². The molecule has 1 heteroatoms. The number of aryl methyl sites for hydroxylation is 1. The molecule has 2 aromatic carbocycles. The zero-order valence-electron chi connectivity index (χ0n) is 8.53. The lowest BCUT2D eigenvalue weighted by atomic mass is 9.99. The van der Waals surface area contributed by atoms with E-state index in [4.69, 9.17) is 0 Å². The number of carbonyl (C=O) groups is 1. The van der Waals surface area contributed by atoms with Gasteiger partial charge in [-0.25, -0.2) is 0 Å². The Labute approximate surface area is 89.4 Å². The molecule has 2 aromatic rings. The second-order valence-corrected chi connectivity index (χ2v) is 3.43. The Morgan fingerprint density at radius 3 is 2.40 bits per heavy atom. The van der Waals surface area contributed by atoms with Crippen molar-refractivity contribution in [2.75, 3.05) is 0 Å². The summed E-state index contributed by atoms with van der Waals surface area (Å²) in [6.07, 6.45) is 0. The van der Waals surface area contributed by atoms with Gasteiger partial charge in [0.1, 0.15) is 0 Å². The van der Waals surface area contributed by atoms with Crippen LogP contribution in [-0.4, -0.2) is 5.78 Å². The summed E-state index contributed by atoms with van der Waals surface area (Å²) >= 11 is 0. The summed E-state index contributed by atoms with van der Waals surface area (Å²) < 4.78 is 0. The van der Waals surface area contributed by atoms with Crippen molar-refractivity contribution in [1.29, 1.82) is 0 Å². The van der Waals surface area contributed by atoms with Crippen molar-refractivity contribution in [3.8, 4) is 0 Å². The summed E-state index contributed by atoms with van der Waals surface area (Å²) in [5.74, 6) is 0.0714. The van der Waals surface area contributed by atoms with Gasteiger partial charge in [-0.3, -0.25) is 4.79 Å². The monoisotopic (exact) mass is 195 g/mol. The Hall–Kier alpha value is -1.89. The van der Waals surface area contributed by atoms with Gasteiger partial charge in [-0.2, -0.15) is 0 Å². The molecule has 0 aliphatic carbocycles. The van der Waals surface area contributed by atoms with E-state index in [9.17, 15) is 4.79 Å². The Morgan fingerprint density at radius 2 is 1.73 bits per heavy atom. The van der Waals surface area contributed by atoms with Crippen LogP contribution in [0.1, 0.15) is 21.5 Å². The topological polar surface area (TPSA) is 17.1 Å². The largest absolute Gasteiger partial charge is 0.289 e. The molecule has 73 valence electrons. The van der Waals surface area contributed by atoms with Crippen LogP contribution in [0, 0.1) is 13.0 Å². The van der Waals surface area contributed by atoms with Crippen LogP contribution in [0.2, 0.25) is 0 Å². The number of ketones is 1. The maximum absolute atomic E-state index is 12.1. The zero-order chi connectivity index (χ0) is 10.7. The van der Waals surface area contributed by atoms with Gasteiger partial charge in [-0.1, -0.05) is 48.5 Å². The van der Waals surface area contributed by atoms with Gasteiger partial charge in [0.25, 0.3) is 0 Å². The molecule has 0 bridgehead atoms. The lowest BCUT2D eigenvalue weighted by Gasteiger charge is -2.03. The van der Waals surface area contributed by atoms with E-state index in [0.717, 1.165) is 11.1 Å². The highest BCUT2D eigenvalue weighted by molar-refractivity contribution is 6.09. The van der Waals surface area contributed by atoms with E-state index in [2.05, 4.69) is 6.07 Å². The van der Waals surface area contributed by atoms with E-state index in [-0.39, 0.29) is 5.78 Å². The number of hydrogen-bond acceptors (Lipinski definition) is 1. The normalized spacial score (nSPS) is 9.93. The zero-order valence-corrected chi connectivity index (χ0v) is 8.53. The van der Waals surface area contributed by atoms with Crippen LogP contribution in [0.15, 0.2) is 48.5 Å². The number of carbonyl (C=O) groups excluding carboxylic acids is 1. The molecule has 0 N–H and O–H groups in total. The predicted molar refractivity (Wildman–Crippen MR) is 59.9 cm³/mol. The summed E-state index contributed by atoms with van der Waals surface area (Å²) in [6.45, 7) is 1.95. The van der Waals surface area contributed by atoms with Gasteiger partial charge >= 0.3 is 0 Å². The maximum Gasteiger partial charge on any atom is 0.193 e. The Bertz CT molecular complexity index is 472. The summed E-state index contributed by atoms with van der Waals surface area (Å²) in [5.41, 5.74) is 2.49. The molecule has 0 atom stereocenters. The van der Waals surface area contributed by atoms with Gasteiger partial charge in [0, 0.05) is 11.1 Å². The number of rotatable bonds is 2. The van der Waals surface area contributed by atoms with Crippen molar-refractivity contribution < 1.29 is 4.79 Å². The molecule has 0 aliphatic heterocycles. The third-order valence-electron chi connectivity index (χ3n) is 2.37. The standard InChI is InChI=1S/C14H11O/c1-11-7-5-6-10-13(11)14(15)12-8-3-2-4-9-12/h3-10H,1H3. The fourth-order valence-corrected chi connectivity index (χ4v) is 1.52. The highest BCUT2D eigenvalue weighted by Gasteiger charge is 2.09. The molecule has 0 aliphatic rings. The molecule has 0 amide bonds. The smallest absolute Gasteiger partial charge is 0.193 e. The van der Waals surface area contributed by atoms with Crippen LogP contribution in [0.5, 0.6) is 0 Å². The molecule has 0 aromatic heterocycles. The molecule has 1 nitrogen and oxygen atoms in total. The van der Waals surface area contributed by atoms with Gasteiger partial charge in [0.15, 0.2) is 5.78 Å². The highest BCUT2D eigenvalue weighted by atomic mass is 16.1. The Kier molecular flexibility index (Phi) is 2.64. The quantitative estimate of drug-likeness (QED) is 0.673. The molecular weight excluding hydrogens is 184 g/mol. The molecule has 0 spiro atoms. The third kappa shape index (κ3) is 1.96. The number of hydrogen-bond donors (Lipinski definition) is 0. The van der Waals surface area contributed by atoms with Crippen molar-refractivity contribution in [1.82, 2.24) is 0 Å². The van der Waals surface area contributed by atoms with Gasteiger partial charge in [-0.05, 0) is 18.6 Å². The van der Waals surface area contributed by atoms with E-state index in [1.54, 1.807) is 24.3 Å². The molecular formula is C14H11O. The first kappa shape index (κ1) is 9.66. The molecule has 0 saturated heterocycles. The Morgan fingerprint density at radius 1 is 1.07 bits per heavy atom. The van der Waals surface area contributed by atoms with Gasteiger partial charge in [0.2, 0.25) is 0 Å². The molecule has 2 rings (SSSR count). The summed E-state index contributed by atoms with van der Waals surface area (Å²) in [7, 11) is 0. The van der Waals surface area contributed by atoms with Crippen LogP contribution in [0.3, 0.4) is 0 Å². The first-order valence-electron chi connectivity index (χ1n) is 4.85. The third-order valence-corrected chi connectivity index (χ3v) is 2.37. The van der Waals surface area contributed by atoms with Crippen LogP contribution < -0.4 is 0 Å². The summed E-state index contributed by atoms with van der Waals surface area (Å²) in [6, 6.07) is 17.6.